The Morgan fingerprint density at radius 3 is 1.57 bits per heavy atom. The highest BCUT2D eigenvalue weighted by Gasteiger charge is 2.24. The summed E-state index contributed by atoms with van der Waals surface area (Å²) in [7, 11) is 0. The maximum absolute atomic E-state index is 6.85. The van der Waals surface area contributed by atoms with Crippen LogP contribution in [-0.4, -0.2) is 0 Å². The molecule has 0 radical (unpaired) electrons. The third-order valence-electron chi connectivity index (χ3n) is 12.1. The van der Waals surface area contributed by atoms with Crippen molar-refractivity contribution in [1.82, 2.24) is 0 Å². The van der Waals surface area contributed by atoms with E-state index in [-0.39, 0.29) is 0 Å². The maximum Gasteiger partial charge on any atom is 0.143 e. The molecule has 61 heavy (non-hydrogen) atoms. The van der Waals surface area contributed by atoms with Crippen molar-refractivity contribution in [2.45, 2.75) is 0 Å². The summed E-state index contributed by atoms with van der Waals surface area (Å²) in [4.78, 5) is 2.42. The largest absolute Gasteiger partial charge is 0.455 e. The third-order valence-corrected chi connectivity index (χ3v) is 12.1. The van der Waals surface area contributed by atoms with Crippen molar-refractivity contribution in [2.24, 2.45) is 0 Å². The van der Waals surface area contributed by atoms with Gasteiger partial charge in [0.1, 0.15) is 22.3 Å². The van der Waals surface area contributed by atoms with Gasteiger partial charge >= 0.3 is 0 Å². The van der Waals surface area contributed by atoms with Crippen molar-refractivity contribution in [3.05, 3.63) is 224 Å². The van der Waals surface area contributed by atoms with Crippen molar-refractivity contribution in [2.75, 3.05) is 4.90 Å². The first-order chi connectivity index (χ1) is 30.3. The van der Waals surface area contributed by atoms with Crippen LogP contribution in [0.3, 0.4) is 0 Å². The second kappa shape index (κ2) is 14.3. The first-order valence-corrected chi connectivity index (χ1v) is 20.7. The Hall–Kier alpha value is -8.14. The predicted octanol–water partition coefficient (Wildman–Crippen LogP) is 16.8. The van der Waals surface area contributed by atoms with Crippen molar-refractivity contribution in [3.8, 4) is 44.5 Å². The Labute approximate surface area is 353 Å². The number of fused-ring (bicyclic) bond motifs is 8. The van der Waals surface area contributed by atoms with Gasteiger partial charge in [-0.25, -0.2) is 0 Å². The van der Waals surface area contributed by atoms with Gasteiger partial charge in [0, 0.05) is 49.1 Å². The van der Waals surface area contributed by atoms with Gasteiger partial charge in [0.25, 0.3) is 0 Å². The summed E-state index contributed by atoms with van der Waals surface area (Å²) in [5.74, 6) is 0. The van der Waals surface area contributed by atoms with Gasteiger partial charge in [0.05, 0.1) is 11.4 Å². The van der Waals surface area contributed by atoms with E-state index in [1.54, 1.807) is 0 Å². The van der Waals surface area contributed by atoms with Gasteiger partial charge in [0.2, 0.25) is 0 Å². The lowest BCUT2D eigenvalue weighted by Gasteiger charge is -2.29. The Kier molecular flexibility index (Phi) is 8.17. The molecular weight excluding hydrogens is 743 g/mol. The van der Waals surface area contributed by atoms with Gasteiger partial charge in [-0.05, 0) is 69.8 Å². The fourth-order valence-corrected chi connectivity index (χ4v) is 9.23. The lowest BCUT2D eigenvalue weighted by molar-refractivity contribution is 0.670. The molecule has 0 aliphatic carbocycles. The Morgan fingerprint density at radius 1 is 0.279 bits per heavy atom. The molecule has 3 heteroatoms. The van der Waals surface area contributed by atoms with E-state index in [1.807, 2.05) is 12.1 Å². The van der Waals surface area contributed by atoms with E-state index in [4.69, 9.17) is 8.83 Å². The summed E-state index contributed by atoms with van der Waals surface area (Å²) >= 11 is 0. The average molecular weight is 780 g/mol. The zero-order valence-corrected chi connectivity index (χ0v) is 33.1. The number of benzene rings is 10. The minimum Gasteiger partial charge on any atom is -0.455 e. The summed E-state index contributed by atoms with van der Waals surface area (Å²) < 4.78 is 13.3. The van der Waals surface area contributed by atoms with E-state index in [9.17, 15) is 0 Å². The van der Waals surface area contributed by atoms with Crippen LogP contribution in [0.4, 0.5) is 17.1 Å². The molecule has 12 aromatic rings. The van der Waals surface area contributed by atoms with Gasteiger partial charge in [-0.1, -0.05) is 188 Å². The number of hydrogen-bond donors (Lipinski definition) is 0. The zero-order valence-electron chi connectivity index (χ0n) is 33.1. The lowest BCUT2D eigenvalue weighted by atomic mass is 9.95. The summed E-state index contributed by atoms with van der Waals surface area (Å²) in [6, 6.07) is 79.8. The number of anilines is 3. The quantitative estimate of drug-likeness (QED) is 0.161. The molecule has 0 atom stereocenters. The van der Waals surface area contributed by atoms with Gasteiger partial charge in [-0.2, -0.15) is 0 Å². The molecule has 0 N–H and O–H groups in total. The maximum atomic E-state index is 6.85. The Balaban J connectivity index is 1.08. The number of furan rings is 2. The molecule has 0 unspecified atom stereocenters. The van der Waals surface area contributed by atoms with Crippen LogP contribution in [0.1, 0.15) is 0 Å². The first kappa shape index (κ1) is 34.9. The molecule has 0 saturated carbocycles. The van der Waals surface area contributed by atoms with Crippen LogP contribution in [-0.2, 0) is 0 Å². The van der Waals surface area contributed by atoms with Crippen LogP contribution in [0.5, 0.6) is 0 Å². The van der Waals surface area contributed by atoms with Crippen molar-refractivity contribution in [3.63, 3.8) is 0 Å². The molecule has 0 fully saturated rings. The standard InChI is InChI=1S/C58H37NO2/c1-3-15-38(16-4-1)39-29-31-41(32-30-39)45-23-14-28-55-56(45)51-37-53(47-20-7-8-22-49(47)58(51)61-55)59(52-26-11-9-19-44(52)40-17-5-2-6-18-40)43-35-33-42(34-36-43)46-24-13-25-50-48-21-10-12-27-54(48)60-57(46)50/h1-37H. The number of para-hydroxylation sites is 3. The summed E-state index contributed by atoms with van der Waals surface area (Å²) in [6.07, 6.45) is 0. The topological polar surface area (TPSA) is 29.5 Å². The van der Waals surface area contributed by atoms with Crippen LogP contribution in [0.15, 0.2) is 233 Å². The molecule has 0 spiro atoms. The molecule has 0 aliphatic heterocycles. The van der Waals surface area contributed by atoms with Crippen LogP contribution in [0.2, 0.25) is 0 Å². The molecule has 2 aromatic heterocycles. The second-order valence-electron chi connectivity index (χ2n) is 15.6. The Bertz CT molecular complexity index is 3560. The van der Waals surface area contributed by atoms with Crippen LogP contribution in [0.25, 0.3) is 99.2 Å². The van der Waals surface area contributed by atoms with E-state index >= 15 is 0 Å². The molecule has 0 aliphatic rings. The number of hydrogen-bond acceptors (Lipinski definition) is 3. The SMILES string of the molecule is c1ccc(-c2ccc(-c3cccc4oc5c6ccccc6c(N(c6ccc(-c7cccc8c7oc7ccccc78)cc6)c6ccccc6-c6ccccc6)cc5c34)cc2)cc1. The van der Waals surface area contributed by atoms with E-state index in [0.717, 1.165) is 105 Å². The van der Waals surface area contributed by atoms with Gasteiger partial charge in [-0.3, -0.25) is 0 Å². The number of nitrogens with zero attached hydrogens (tertiary/aromatic N) is 1. The zero-order chi connectivity index (χ0) is 40.3. The minimum atomic E-state index is 0.863. The smallest absolute Gasteiger partial charge is 0.143 e. The predicted molar refractivity (Wildman–Crippen MR) is 255 cm³/mol. The average Bonchev–Trinajstić information content (AvgIpc) is 3.92. The molecular formula is C58H37NO2. The minimum absolute atomic E-state index is 0.863. The lowest BCUT2D eigenvalue weighted by Crippen LogP contribution is -2.12. The first-order valence-electron chi connectivity index (χ1n) is 20.7. The highest BCUT2D eigenvalue weighted by molar-refractivity contribution is 6.23. The molecule has 0 bridgehead atoms. The van der Waals surface area contributed by atoms with E-state index in [0.29, 0.717) is 0 Å². The summed E-state index contributed by atoms with van der Waals surface area (Å²) in [6.45, 7) is 0. The van der Waals surface area contributed by atoms with Crippen molar-refractivity contribution >= 4 is 71.7 Å². The second-order valence-corrected chi connectivity index (χ2v) is 15.6. The van der Waals surface area contributed by atoms with Gasteiger partial charge in [-0.15, -0.1) is 0 Å². The number of rotatable bonds is 7. The van der Waals surface area contributed by atoms with E-state index in [1.165, 1.54) is 11.1 Å². The van der Waals surface area contributed by atoms with Crippen molar-refractivity contribution < 1.29 is 8.83 Å². The third kappa shape index (κ3) is 5.82. The van der Waals surface area contributed by atoms with Crippen LogP contribution in [0, 0.1) is 0 Å². The fraction of sp³-hybridized carbons (Fsp3) is 0. The highest BCUT2D eigenvalue weighted by atomic mass is 16.3. The fourth-order valence-electron chi connectivity index (χ4n) is 9.23. The van der Waals surface area contributed by atoms with Crippen LogP contribution < -0.4 is 4.90 Å². The molecule has 12 rings (SSSR count). The van der Waals surface area contributed by atoms with E-state index < -0.39 is 0 Å². The van der Waals surface area contributed by atoms with E-state index in [2.05, 4.69) is 217 Å². The Morgan fingerprint density at radius 2 is 0.770 bits per heavy atom. The van der Waals surface area contributed by atoms with Gasteiger partial charge < -0.3 is 13.7 Å². The van der Waals surface area contributed by atoms with Crippen molar-refractivity contribution in [1.29, 1.82) is 0 Å². The monoisotopic (exact) mass is 779 g/mol. The molecule has 0 saturated heterocycles. The highest BCUT2D eigenvalue weighted by Crippen LogP contribution is 2.49. The molecule has 3 nitrogen and oxygen atoms in total. The molecule has 286 valence electrons. The molecule has 10 aromatic carbocycles. The molecule has 0 amide bonds. The summed E-state index contributed by atoms with van der Waals surface area (Å²) in [5, 5.41) is 6.58. The molecule has 2 heterocycles. The summed E-state index contributed by atoms with van der Waals surface area (Å²) in [5.41, 5.74) is 15.8. The van der Waals surface area contributed by atoms with Gasteiger partial charge in [0.15, 0.2) is 0 Å². The van der Waals surface area contributed by atoms with Crippen LogP contribution >= 0.6 is 0 Å². The normalized spacial score (nSPS) is 11.6.